The number of amides is 2. The fraction of sp³-hybridized carbons (Fsp3) is 0.821. The molecule has 0 aliphatic carbocycles. The quantitative estimate of drug-likeness (QED) is 0.0944. The SMILES string of the molecule is C=C(C)C(=O)OC[C@H](NC(=O)NCCCCCC)C(=O)OCCCCCCCCCCCCCC. The summed E-state index contributed by atoms with van der Waals surface area (Å²) in [6.45, 7) is 9.96. The number of carbonyl (C=O) groups excluding carboxylic acids is 3. The number of hydrogen-bond donors (Lipinski definition) is 2. The third-order valence-corrected chi connectivity index (χ3v) is 5.88. The van der Waals surface area contributed by atoms with Crippen LogP contribution in [0.3, 0.4) is 0 Å². The van der Waals surface area contributed by atoms with Crippen molar-refractivity contribution in [2.45, 2.75) is 130 Å². The highest BCUT2D eigenvalue weighted by molar-refractivity contribution is 5.88. The van der Waals surface area contributed by atoms with Crippen molar-refractivity contribution in [3.05, 3.63) is 12.2 Å². The van der Waals surface area contributed by atoms with Crippen LogP contribution < -0.4 is 10.6 Å². The van der Waals surface area contributed by atoms with Gasteiger partial charge in [0.2, 0.25) is 0 Å². The highest BCUT2D eigenvalue weighted by Gasteiger charge is 2.24. The van der Waals surface area contributed by atoms with Gasteiger partial charge in [0, 0.05) is 12.1 Å². The van der Waals surface area contributed by atoms with Crippen molar-refractivity contribution in [3.8, 4) is 0 Å². The Morgan fingerprint density at radius 2 is 1.20 bits per heavy atom. The van der Waals surface area contributed by atoms with Gasteiger partial charge in [-0.05, 0) is 19.8 Å². The molecule has 0 aliphatic heterocycles. The van der Waals surface area contributed by atoms with Crippen LogP contribution in [0, 0.1) is 0 Å². The molecule has 35 heavy (non-hydrogen) atoms. The molecule has 7 nitrogen and oxygen atoms in total. The summed E-state index contributed by atoms with van der Waals surface area (Å²) in [7, 11) is 0. The van der Waals surface area contributed by atoms with Gasteiger partial charge in [0.25, 0.3) is 0 Å². The van der Waals surface area contributed by atoms with Crippen LogP contribution in [-0.2, 0) is 19.1 Å². The first-order valence-corrected chi connectivity index (χ1v) is 14.0. The summed E-state index contributed by atoms with van der Waals surface area (Å²) in [6.07, 6.45) is 18.9. The van der Waals surface area contributed by atoms with Gasteiger partial charge in [-0.3, -0.25) is 0 Å². The second-order valence-corrected chi connectivity index (χ2v) is 9.45. The molecule has 1 atom stereocenters. The topological polar surface area (TPSA) is 93.7 Å². The third kappa shape index (κ3) is 21.0. The Balaban J connectivity index is 4.12. The zero-order valence-electron chi connectivity index (χ0n) is 22.8. The summed E-state index contributed by atoms with van der Waals surface area (Å²) < 4.78 is 10.4. The predicted octanol–water partition coefficient (Wildman–Crippen LogP) is 6.60. The molecule has 0 aromatic carbocycles. The molecule has 0 radical (unpaired) electrons. The lowest BCUT2D eigenvalue weighted by Crippen LogP contribution is -2.49. The standard InChI is InChI=1S/C28H52N2O5/c1-5-7-9-11-12-13-14-15-16-17-18-20-22-34-27(32)25(23-35-26(31)24(3)4)30-28(33)29-21-19-10-8-6-2/h25H,3,5-23H2,1-2,4H3,(H2,29,30,33)/t25-/m0/s1. The normalized spacial score (nSPS) is 11.5. The van der Waals surface area contributed by atoms with Crippen molar-refractivity contribution < 1.29 is 23.9 Å². The zero-order chi connectivity index (χ0) is 26.2. The van der Waals surface area contributed by atoms with E-state index in [1.165, 1.54) is 64.7 Å². The maximum absolute atomic E-state index is 12.5. The summed E-state index contributed by atoms with van der Waals surface area (Å²) in [5.74, 6) is -1.20. The van der Waals surface area contributed by atoms with E-state index in [1.807, 2.05) is 0 Å². The van der Waals surface area contributed by atoms with Crippen molar-refractivity contribution in [1.82, 2.24) is 10.6 Å². The van der Waals surface area contributed by atoms with E-state index < -0.39 is 24.0 Å². The fourth-order valence-electron chi connectivity index (χ4n) is 3.63. The molecule has 0 saturated carbocycles. The molecule has 0 aromatic heterocycles. The smallest absolute Gasteiger partial charge is 0.333 e. The number of esters is 2. The first-order valence-electron chi connectivity index (χ1n) is 14.0. The van der Waals surface area contributed by atoms with Gasteiger partial charge in [-0.15, -0.1) is 0 Å². The van der Waals surface area contributed by atoms with E-state index in [1.54, 1.807) is 0 Å². The Hall–Kier alpha value is -2.05. The monoisotopic (exact) mass is 496 g/mol. The van der Waals surface area contributed by atoms with Crippen LogP contribution in [0.5, 0.6) is 0 Å². The molecular weight excluding hydrogens is 444 g/mol. The third-order valence-electron chi connectivity index (χ3n) is 5.88. The molecule has 7 heteroatoms. The lowest BCUT2D eigenvalue weighted by atomic mass is 10.1. The van der Waals surface area contributed by atoms with Crippen LogP contribution in [0.2, 0.25) is 0 Å². The summed E-state index contributed by atoms with van der Waals surface area (Å²) in [6, 6.07) is -1.52. The first-order chi connectivity index (χ1) is 16.9. The van der Waals surface area contributed by atoms with E-state index >= 15 is 0 Å². The average molecular weight is 497 g/mol. The van der Waals surface area contributed by atoms with Gasteiger partial charge < -0.3 is 20.1 Å². The molecule has 0 fully saturated rings. The molecule has 0 spiro atoms. The van der Waals surface area contributed by atoms with Crippen LogP contribution in [0.1, 0.15) is 124 Å². The number of rotatable bonds is 23. The second-order valence-electron chi connectivity index (χ2n) is 9.45. The fourth-order valence-corrected chi connectivity index (χ4v) is 3.63. The molecule has 2 N–H and O–H groups in total. The number of hydrogen-bond acceptors (Lipinski definition) is 5. The molecule has 0 aromatic rings. The predicted molar refractivity (Wildman–Crippen MR) is 142 cm³/mol. The number of nitrogens with one attached hydrogen (secondary N) is 2. The van der Waals surface area contributed by atoms with Crippen LogP contribution in [0.15, 0.2) is 12.2 Å². The van der Waals surface area contributed by atoms with E-state index in [2.05, 4.69) is 31.1 Å². The van der Waals surface area contributed by atoms with E-state index in [9.17, 15) is 14.4 Å². The highest BCUT2D eigenvalue weighted by Crippen LogP contribution is 2.12. The Morgan fingerprint density at radius 1 is 0.714 bits per heavy atom. The van der Waals surface area contributed by atoms with Gasteiger partial charge in [0.15, 0.2) is 6.04 Å². The molecule has 0 aliphatic rings. The summed E-state index contributed by atoms with van der Waals surface area (Å²) in [4.78, 5) is 36.4. The molecule has 0 saturated heterocycles. The van der Waals surface area contributed by atoms with Gasteiger partial charge >= 0.3 is 18.0 Å². The van der Waals surface area contributed by atoms with E-state index in [4.69, 9.17) is 9.47 Å². The molecule has 204 valence electrons. The van der Waals surface area contributed by atoms with E-state index in [0.29, 0.717) is 13.2 Å². The van der Waals surface area contributed by atoms with Crippen molar-refractivity contribution in [3.63, 3.8) is 0 Å². The number of unbranched alkanes of at least 4 members (excludes halogenated alkanes) is 14. The van der Waals surface area contributed by atoms with Gasteiger partial charge in [0.1, 0.15) is 6.61 Å². The summed E-state index contributed by atoms with van der Waals surface area (Å²) in [5, 5.41) is 5.31. The van der Waals surface area contributed by atoms with Crippen LogP contribution in [0.4, 0.5) is 4.79 Å². The van der Waals surface area contributed by atoms with Gasteiger partial charge in [-0.2, -0.15) is 0 Å². The van der Waals surface area contributed by atoms with Gasteiger partial charge in [-0.25, -0.2) is 14.4 Å². The minimum Gasteiger partial charge on any atom is -0.464 e. The minimum absolute atomic E-state index is 0.231. The lowest BCUT2D eigenvalue weighted by Gasteiger charge is -2.18. The van der Waals surface area contributed by atoms with Crippen LogP contribution in [0.25, 0.3) is 0 Å². The highest BCUT2D eigenvalue weighted by atomic mass is 16.6. The summed E-state index contributed by atoms with van der Waals surface area (Å²) >= 11 is 0. The van der Waals surface area contributed by atoms with Crippen molar-refractivity contribution >= 4 is 18.0 Å². The molecule has 0 unspecified atom stereocenters. The lowest BCUT2D eigenvalue weighted by molar-refractivity contribution is -0.150. The average Bonchev–Trinajstić information content (AvgIpc) is 2.83. The molecule has 0 heterocycles. The Labute approximate surface area is 214 Å². The Morgan fingerprint density at radius 3 is 1.71 bits per heavy atom. The van der Waals surface area contributed by atoms with Gasteiger partial charge in [0.05, 0.1) is 6.61 Å². The van der Waals surface area contributed by atoms with E-state index in [0.717, 1.165) is 44.9 Å². The maximum atomic E-state index is 12.5. The van der Waals surface area contributed by atoms with Crippen molar-refractivity contribution in [1.29, 1.82) is 0 Å². The minimum atomic E-state index is -1.05. The molecule has 2 amide bonds. The first kappa shape index (κ1) is 33.0. The van der Waals surface area contributed by atoms with Gasteiger partial charge in [-0.1, -0.05) is 110 Å². The van der Waals surface area contributed by atoms with E-state index in [-0.39, 0.29) is 12.2 Å². The molecular formula is C28H52N2O5. The number of urea groups is 1. The van der Waals surface area contributed by atoms with Crippen LogP contribution in [-0.4, -0.2) is 43.8 Å². The second kappa shape index (κ2) is 23.7. The number of ether oxygens (including phenoxy) is 2. The van der Waals surface area contributed by atoms with Crippen molar-refractivity contribution in [2.24, 2.45) is 0 Å². The Bertz CT molecular complexity index is 580. The maximum Gasteiger partial charge on any atom is 0.333 e. The van der Waals surface area contributed by atoms with Crippen molar-refractivity contribution in [2.75, 3.05) is 19.8 Å². The van der Waals surface area contributed by atoms with Crippen LogP contribution >= 0.6 is 0 Å². The largest absolute Gasteiger partial charge is 0.464 e. The molecule has 0 rings (SSSR count). The Kier molecular flexibility index (Phi) is 22.3. The molecule has 0 bridgehead atoms. The zero-order valence-corrected chi connectivity index (χ0v) is 22.8. The summed E-state index contributed by atoms with van der Waals surface area (Å²) in [5.41, 5.74) is 0.231. The number of carbonyl (C=O) groups is 3.